The summed E-state index contributed by atoms with van der Waals surface area (Å²) in [5, 5.41) is 17.2. The second kappa shape index (κ2) is 8.34. The number of methoxy groups -OCH3 is 1. The Morgan fingerprint density at radius 3 is 1.65 bits per heavy atom. The number of rotatable bonds is 7. The van der Waals surface area contributed by atoms with Crippen molar-refractivity contribution >= 4 is 5.97 Å². The molecule has 0 bridgehead atoms. The van der Waals surface area contributed by atoms with Crippen molar-refractivity contribution < 1.29 is 9.53 Å². The van der Waals surface area contributed by atoms with Crippen LogP contribution in [0, 0.1) is 22.7 Å². The van der Waals surface area contributed by atoms with Crippen molar-refractivity contribution in [2.75, 3.05) is 7.11 Å². The molecule has 10 heteroatoms. The zero-order valence-electron chi connectivity index (χ0n) is 12.5. The summed E-state index contributed by atoms with van der Waals surface area (Å²) in [5.74, 6) is -0.616. The molecule has 0 spiro atoms. The summed E-state index contributed by atoms with van der Waals surface area (Å²) in [4.78, 5) is 47.8. The van der Waals surface area contributed by atoms with Crippen LogP contribution < -0.4 is 17.1 Å². The van der Waals surface area contributed by atoms with Crippen LogP contribution in [0.25, 0.3) is 0 Å². The Kier molecular flexibility index (Phi) is 6.49. The number of carbonyl (C=O) groups excluding carboxylic acids is 1. The summed E-state index contributed by atoms with van der Waals surface area (Å²) in [6, 6.07) is 3.61. The van der Waals surface area contributed by atoms with Gasteiger partial charge in [0.15, 0.2) is 0 Å². The van der Waals surface area contributed by atoms with Gasteiger partial charge in [0, 0.05) is 19.6 Å². The van der Waals surface area contributed by atoms with Gasteiger partial charge >= 0.3 is 23.0 Å². The highest BCUT2D eigenvalue weighted by Crippen LogP contribution is 1.88. The van der Waals surface area contributed by atoms with Gasteiger partial charge < -0.3 is 4.74 Å². The van der Waals surface area contributed by atoms with Crippen LogP contribution in [0.15, 0.2) is 14.4 Å². The zero-order valence-corrected chi connectivity index (χ0v) is 12.5. The molecule has 0 aliphatic carbocycles. The number of nitriles is 2. The summed E-state index contributed by atoms with van der Waals surface area (Å²) < 4.78 is 6.68. The molecule has 0 radical (unpaired) electrons. The van der Waals surface area contributed by atoms with Crippen molar-refractivity contribution in [3.63, 3.8) is 0 Å². The third-order valence-corrected chi connectivity index (χ3v) is 3.05. The van der Waals surface area contributed by atoms with Gasteiger partial charge in [0.2, 0.25) is 0 Å². The molecule has 0 atom stereocenters. The van der Waals surface area contributed by atoms with Crippen LogP contribution in [0.3, 0.4) is 0 Å². The summed E-state index contributed by atoms with van der Waals surface area (Å²) in [7, 11) is 1.17. The molecular formula is C13H15N5O5. The molecule has 0 fully saturated rings. The highest BCUT2D eigenvalue weighted by Gasteiger charge is 2.16. The van der Waals surface area contributed by atoms with E-state index in [9.17, 15) is 19.2 Å². The van der Waals surface area contributed by atoms with Crippen LogP contribution in [0.4, 0.5) is 0 Å². The minimum Gasteiger partial charge on any atom is -0.469 e. The lowest BCUT2D eigenvalue weighted by Crippen LogP contribution is -2.54. The van der Waals surface area contributed by atoms with Crippen molar-refractivity contribution in [3.8, 4) is 12.1 Å². The highest BCUT2D eigenvalue weighted by atomic mass is 16.5. The molecule has 0 aromatic carbocycles. The van der Waals surface area contributed by atoms with Gasteiger partial charge in [-0.1, -0.05) is 0 Å². The molecule has 0 aliphatic heterocycles. The van der Waals surface area contributed by atoms with Crippen molar-refractivity contribution in [2.24, 2.45) is 0 Å². The van der Waals surface area contributed by atoms with E-state index in [4.69, 9.17) is 10.5 Å². The predicted molar refractivity (Wildman–Crippen MR) is 76.3 cm³/mol. The van der Waals surface area contributed by atoms with E-state index in [0.29, 0.717) is 0 Å². The van der Waals surface area contributed by atoms with E-state index in [0.717, 1.165) is 13.7 Å². The molecule has 0 N–H and O–H groups in total. The fraction of sp³-hybridized carbons (Fsp3) is 0.538. The topological polar surface area (TPSA) is 140 Å². The number of carbonyl (C=O) groups is 1. The molecular weight excluding hydrogens is 306 g/mol. The van der Waals surface area contributed by atoms with Crippen LogP contribution in [0.1, 0.15) is 19.3 Å². The Labute approximate surface area is 130 Å². The van der Waals surface area contributed by atoms with Gasteiger partial charge in [0.1, 0.15) is 0 Å². The summed E-state index contributed by atoms with van der Waals surface area (Å²) in [6.45, 7) is -0.623. The smallest absolute Gasteiger partial charge is 0.336 e. The Morgan fingerprint density at radius 2 is 1.30 bits per heavy atom. The molecule has 0 saturated heterocycles. The Bertz CT molecular complexity index is 777. The minimum atomic E-state index is -0.896. The van der Waals surface area contributed by atoms with Crippen LogP contribution in [-0.4, -0.2) is 26.8 Å². The maximum absolute atomic E-state index is 12.2. The molecule has 23 heavy (non-hydrogen) atoms. The third-order valence-electron chi connectivity index (χ3n) is 3.05. The number of ether oxygens (including phenoxy) is 1. The third kappa shape index (κ3) is 4.17. The number of nitrogens with zero attached hydrogens (tertiary/aromatic N) is 5. The quantitative estimate of drug-likeness (QED) is 0.560. The van der Waals surface area contributed by atoms with Crippen molar-refractivity contribution in [3.05, 3.63) is 31.5 Å². The van der Waals surface area contributed by atoms with E-state index in [-0.39, 0.29) is 38.9 Å². The summed E-state index contributed by atoms with van der Waals surface area (Å²) in [5.41, 5.74) is -2.67. The summed E-state index contributed by atoms with van der Waals surface area (Å²) >= 11 is 0. The van der Waals surface area contributed by atoms with Gasteiger partial charge in [0.25, 0.3) is 0 Å². The molecule has 1 heterocycles. The Hall–Kier alpha value is -3.14. The Balaban J connectivity index is 3.43. The Morgan fingerprint density at radius 1 is 0.913 bits per heavy atom. The first kappa shape index (κ1) is 17.9. The van der Waals surface area contributed by atoms with Gasteiger partial charge in [-0.25, -0.2) is 28.1 Å². The first-order valence-corrected chi connectivity index (χ1v) is 6.73. The number of esters is 1. The normalized spacial score (nSPS) is 9.87. The zero-order chi connectivity index (χ0) is 17.4. The fourth-order valence-electron chi connectivity index (χ4n) is 1.89. The monoisotopic (exact) mass is 321 g/mol. The summed E-state index contributed by atoms with van der Waals surface area (Å²) in [6.07, 6.45) is -0.411. The van der Waals surface area contributed by atoms with Gasteiger partial charge in [-0.2, -0.15) is 10.5 Å². The van der Waals surface area contributed by atoms with Crippen LogP contribution in [-0.2, 0) is 29.2 Å². The first-order valence-electron chi connectivity index (χ1n) is 6.73. The molecule has 1 rings (SSSR count). The van der Waals surface area contributed by atoms with E-state index >= 15 is 0 Å². The van der Waals surface area contributed by atoms with E-state index in [1.165, 1.54) is 7.11 Å². The van der Waals surface area contributed by atoms with Gasteiger partial charge in [0.05, 0.1) is 38.5 Å². The maximum Gasteiger partial charge on any atom is 0.336 e. The molecule has 1 aromatic rings. The molecule has 122 valence electrons. The van der Waals surface area contributed by atoms with E-state index in [1.807, 2.05) is 0 Å². The standard InChI is InChI=1S/C13H15N5O5/c1-23-10(19)4-9-18-12(21)16(7-2-5-14)11(20)17(13(18)22)8-3-6-15/h2-4,7-9H2,1H3. The van der Waals surface area contributed by atoms with E-state index in [2.05, 4.69) is 4.74 Å². The van der Waals surface area contributed by atoms with Crippen LogP contribution in [0.5, 0.6) is 0 Å². The number of hydrogen-bond donors (Lipinski definition) is 0. The van der Waals surface area contributed by atoms with E-state index in [1.54, 1.807) is 12.1 Å². The molecule has 0 aliphatic rings. The molecule has 10 nitrogen and oxygen atoms in total. The molecule has 1 aromatic heterocycles. The lowest BCUT2D eigenvalue weighted by atomic mass is 10.4. The first-order chi connectivity index (χ1) is 11.0. The predicted octanol–water partition coefficient (Wildman–Crippen LogP) is -1.44. The van der Waals surface area contributed by atoms with Crippen LogP contribution in [0.2, 0.25) is 0 Å². The largest absolute Gasteiger partial charge is 0.469 e. The number of hydrogen-bond acceptors (Lipinski definition) is 7. The minimum absolute atomic E-state index is 0.0946. The second-order valence-electron chi connectivity index (χ2n) is 4.44. The highest BCUT2D eigenvalue weighted by molar-refractivity contribution is 5.68. The van der Waals surface area contributed by atoms with Gasteiger partial charge in [-0.15, -0.1) is 0 Å². The molecule has 0 unspecified atom stereocenters. The average Bonchev–Trinajstić information content (AvgIpc) is 2.54. The van der Waals surface area contributed by atoms with Crippen molar-refractivity contribution in [2.45, 2.75) is 38.9 Å². The molecule has 0 saturated carbocycles. The maximum atomic E-state index is 12.2. The number of aromatic nitrogens is 3. The fourth-order valence-corrected chi connectivity index (χ4v) is 1.89. The van der Waals surface area contributed by atoms with Crippen molar-refractivity contribution in [1.82, 2.24) is 13.7 Å². The average molecular weight is 321 g/mol. The van der Waals surface area contributed by atoms with Crippen molar-refractivity contribution in [1.29, 1.82) is 10.5 Å². The molecule has 0 amide bonds. The van der Waals surface area contributed by atoms with Crippen LogP contribution >= 0.6 is 0 Å². The van der Waals surface area contributed by atoms with E-state index < -0.39 is 23.0 Å². The van der Waals surface area contributed by atoms with Gasteiger partial charge in [-0.05, 0) is 0 Å². The lowest BCUT2D eigenvalue weighted by Gasteiger charge is -2.12. The van der Waals surface area contributed by atoms with Gasteiger partial charge in [-0.3, -0.25) is 4.79 Å². The SMILES string of the molecule is COC(=O)CCn1c(=O)n(CCC#N)c(=O)n(CCC#N)c1=O. The second-order valence-corrected chi connectivity index (χ2v) is 4.44. The lowest BCUT2D eigenvalue weighted by molar-refractivity contribution is -0.140.